The first-order valence-electron chi connectivity index (χ1n) is 18.9. The summed E-state index contributed by atoms with van der Waals surface area (Å²) in [5.74, 6) is 0. The average molecular weight is 693 g/mol. The van der Waals surface area contributed by atoms with Crippen LogP contribution in [0.3, 0.4) is 0 Å². The fraction of sp³-hybridized carbons (Fsp3) is 0.0769. The van der Waals surface area contributed by atoms with Gasteiger partial charge in [-0.05, 0) is 80.6 Å². The number of aryl methyl sites for hydroxylation is 2. The number of benzene rings is 7. The van der Waals surface area contributed by atoms with Crippen molar-refractivity contribution in [2.45, 2.75) is 26.7 Å². The van der Waals surface area contributed by atoms with Gasteiger partial charge in [0.15, 0.2) is 0 Å². The van der Waals surface area contributed by atoms with E-state index in [1.807, 2.05) is 0 Å². The predicted octanol–water partition coefficient (Wildman–Crippen LogP) is 13.9. The van der Waals surface area contributed by atoms with Crippen LogP contribution in [-0.4, -0.2) is 9.97 Å². The lowest BCUT2D eigenvalue weighted by molar-refractivity contribution is 1.14. The highest BCUT2D eigenvalue weighted by Gasteiger charge is 2.18. The van der Waals surface area contributed by atoms with E-state index in [2.05, 4.69) is 196 Å². The van der Waals surface area contributed by atoms with Crippen LogP contribution in [0.15, 0.2) is 182 Å². The lowest BCUT2D eigenvalue weighted by atomic mass is 9.92. The smallest absolute Gasteiger partial charge is 0.0978 e. The molecule has 2 aromatic heterocycles. The molecule has 0 amide bonds. The number of pyridine rings is 2. The first kappa shape index (κ1) is 33.2. The molecule has 7 aromatic carbocycles. The zero-order valence-electron chi connectivity index (χ0n) is 30.6. The van der Waals surface area contributed by atoms with Crippen LogP contribution >= 0.6 is 0 Å². The van der Waals surface area contributed by atoms with Crippen molar-refractivity contribution in [1.82, 2.24) is 9.97 Å². The van der Waals surface area contributed by atoms with Gasteiger partial charge in [-0.2, -0.15) is 0 Å². The number of fused-ring (bicyclic) bond motifs is 3. The number of nitrogens with zero attached hydrogens (tertiary/aromatic N) is 2. The summed E-state index contributed by atoms with van der Waals surface area (Å²) >= 11 is 0. The van der Waals surface area contributed by atoms with E-state index in [0.29, 0.717) is 0 Å². The Morgan fingerprint density at radius 2 is 0.630 bits per heavy atom. The maximum absolute atomic E-state index is 5.47. The minimum absolute atomic E-state index is 0.904. The van der Waals surface area contributed by atoms with Gasteiger partial charge in [-0.15, -0.1) is 0 Å². The topological polar surface area (TPSA) is 25.8 Å². The summed E-state index contributed by atoms with van der Waals surface area (Å²) in [4.78, 5) is 10.9. The van der Waals surface area contributed by atoms with E-state index in [1.165, 1.54) is 33.4 Å². The SMILES string of the molecule is CCc1ccc(-c2cc(-c3ccc(-c4ccccc4)cc3)c3ccc4c(-c5ccc(-c6ccccc6)cc5)cc(-c5ccc(CC)cc5)nc4c3n2)cc1. The molecule has 0 aliphatic carbocycles. The second kappa shape index (κ2) is 14.4. The predicted molar refractivity (Wildman–Crippen MR) is 228 cm³/mol. The number of aromatic nitrogens is 2. The Morgan fingerprint density at radius 3 is 0.981 bits per heavy atom. The molecule has 0 saturated heterocycles. The molecular weight excluding hydrogens is 653 g/mol. The van der Waals surface area contributed by atoms with Crippen molar-refractivity contribution in [3.8, 4) is 67.0 Å². The van der Waals surface area contributed by atoms with Gasteiger partial charge in [0, 0.05) is 21.9 Å². The van der Waals surface area contributed by atoms with Gasteiger partial charge in [-0.3, -0.25) is 0 Å². The highest BCUT2D eigenvalue weighted by atomic mass is 14.8. The van der Waals surface area contributed by atoms with Crippen LogP contribution in [0.1, 0.15) is 25.0 Å². The minimum Gasteiger partial charge on any atom is -0.245 e. The Hall–Kier alpha value is -6.64. The molecule has 54 heavy (non-hydrogen) atoms. The van der Waals surface area contributed by atoms with E-state index in [0.717, 1.165) is 79.4 Å². The van der Waals surface area contributed by atoms with Crippen LogP contribution in [-0.2, 0) is 12.8 Å². The third-order valence-electron chi connectivity index (χ3n) is 10.7. The van der Waals surface area contributed by atoms with Crippen molar-refractivity contribution in [3.63, 3.8) is 0 Å². The summed E-state index contributed by atoms with van der Waals surface area (Å²) in [6.07, 6.45) is 1.99. The van der Waals surface area contributed by atoms with Crippen molar-refractivity contribution in [2.24, 2.45) is 0 Å². The summed E-state index contributed by atoms with van der Waals surface area (Å²) in [6.45, 7) is 4.39. The van der Waals surface area contributed by atoms with Gasteiger partial charge in [-0.1, -0.05) is 184 Å². The highest BCUT2D eigenvalue weighted by Crippen LogP contribution is 2.40. The molecule has 0 atom stereocenters. The van der Waals surface area contributed by atoms with Gasteiger partial charge in [-0.25, -0.2) is 9.97 Å². The molecular formula is C52H40N2. The van der Waals surface area contributed by atoms with Gasteiger partial charge in [0.1, 0.15) is 0 Å². The van der Waals surface area contributed by atoms with Crippen molar-refractivity contribution in [1.29, 1.82) is 0 Å². The first-order chi connectivity index (χ1) is 26.6. The average Bonchev–Trinajstić information content (AvgIpc) is 3.26. The van der Waals surface area contributed by atoms with Gasteiger partial charge >= 0.3 is 0 Å². The number of hydrogen-bond acceptors (Lipinski definition) is 2. The molecule has 9 rings (SSSR count). The van der Waals surface area contributed by atoms with Crippen LogP contribution in [0.25, 0.3) is 88.8 Å². The summed E-state index contributed by atoms with van der Waals surface area (Å²) in [6, 6.07) is 65.6. The fourth-order valence-corrected chi connectivity index (χ4v) is 7.52. The third-order valence-corrected chi connectivity index (χ3v) is 10.7. The van der Waals surface area contributed by atoms with E-state index in [1.54, 1.807) is 0 Å². The molecule has 2 heteroatoms. The van der Waals surface area contributed by atoms with Crippen LogP contribution < -0.4 is 0 Å². The van der Waals surface area contributed by atoms with Crippen molar-refractivity contribution >= 4 is 21.8 Å². The van der Waals surface area contributed by atoms with Gasteiger partial charge < -0.3 is 0 Å². The molecule has 0 saturated carbocycles. The molecule has 0 N–H and O–H groups in total. The fourth-order valence-electron chi connectivity index (χ4n) is 7.52. The maximum Gasteiger partial charge on any atom is 0.0978 e. The van der Waals surface area contributed by atoms with Gasteiger partial charge in [0.2, 0.25) is 0 Å². The Morgan fingerprint density at radius 1 is 0.315 bits per heavy atom. The molecule has 2 nitrogen and oxygen atoms in total. The van der Waals surface area contributed by atoms with Crippen LogP contribution in [0.2, 0.25) is 0 Å². The quantitative estimate of drug-likeness (QED) is 0.148. The van der Waals surface area contributed by atoms with Crippen LogP contribution in [0.4, 0.5) is 0 Å². The molecule has 0 spiro atoms. The van der Waals surface area contributed by atoms with Gasteiger partial charge in [0.25, 0.3) is 0 Å². The molecule has 2 heterocycles. The molecule has 9 aromatic rings. The van der Waals surface area contributed by atoms with Crippen LogP contribution in [0, 0.1) is 0 Å². The van der Waals surface area contributed by atoms with E-state index in [9.17, 15) is 0 Å². The first-order valence-corrected chi connectivity index (χ1v) is 18.9. The standard InChI is InChI=1S/C52H40N2/c1-3-35-15-19-43(20-16-35)49-33-47(41-27-23-39(24-28-41)37-11-7-5-8-12-37)45-31-32-46-48(42-29-25-40(26-30-42)38-13-9-6-10-14-38)34-50(54-52(46)51(45)53-49)44-21-17-36(4-2)18-22-44/h5-34H,3-4H2,1-2H3. The minimum atomic E-state index is 0.904. The van der Waals surface area contributed by atoms with E-state index in [-0.39, 0.29) is 0 Å². The molecule has 0 aliphatic heterocycles. The van der Waals surface area contributed by atoms with Crippen molar-refractivity contribution < 1.29 is 0 Å². The van der Waals surface area contributed by atoms with Gasteiger partial charge in [0.05, 0.1) is 22.4 Å². The highest BCUT2D eigenvalue weighted by molar-refractivity contribution is 6.13. The summed E-state index contributed by atoms with van der Waals surface area (Å²) < 4.78 is 0. The molecule has 258 valence electrons. The third kappa shape index (κ3) is 6.37. The maximum atomic E-state index is 5.47. The Balaban J connectivity index is 1.29. The molecule has 0 aliphatic rings. The lowest BCUT2D eigenvalue weighted by Gasteiger charge is -2.16. The van der Waals surface area contributed by atoms with Crippen molar-refractivity contribution in [2.75, 3.05) is 0 Å². The Bertz CT molecular complexity index is 2520. The molecule has 0 radical (unpaired) electrons. The van der Waals surface area contributed by atoms with Crippen LogP contribution in [0.5, 0.6) is 0 Å². The van der Waals surface area contributed by atoms with E-state index >= 15 is 0 Å². The summed E-state index contributed by atoms with van der Waals surface area (Å²) in [7, 11) is 0. The monoisotopic (exact) mass is 692 g/mol. The van der Waals surface area contributed by atoms with Crippen molar-refractivity contribution in [3.05, 3.63) is 193 Å². The summed E-state index contributed by atoms with van der Waals surface area (Å²) in [5.41, 5.74) is 17.9. The number of hydrogen-bond donors (Lipinski definition) is 0. The molecule has 0 unspecified atom stereocenters. The molecule has 0 bridgehead atoms. The summed E-state index contributed by atoms with van der Waals surface area (Å²) in [5, 5.41) is 2.17. The zero-order valence-corrected chi connectivity index (χ0v) is 30.6. The second-order valence-electron chi connectivity index (χ2n) is 14.0. The molecule has 0 fully saturated rings. The Labute approximate surface area is 317 Å². The normalized spacial score (nSPS) is 11.3. The largest absolute Gasteiger partial charge is 0.245 e. The van der Waals surface area contributed by atoms with E-state index < -0.39 is 0 Å². The lowest BCUT2D eigenvalue weighted by Crippen LogP contribution is -1.96. The Kier molecular flexibility index (Phi) is 8.86. The second-order valence-corrected chi connectivity index (χ2v) is 14.0. The zero-order chi connectivity index (χ0) is 36.4. The van der Waals surface area contributed by atoms with E-state index in [4.69, 9.17) is 9.97 Å². The number of rotatable bonds is 8.